The Labute approximate surface area is 114 Å². The fourth-order valence-corrected chi connectivity index (χ4v) is 4.88. The van der Waals surface area contributed by atoms with Crippen LogP contribution in [0.4, 0.5) is 0 Å². The van der Waals surface area contributed by atoms with Gasteiger partial charge in [0.1, 0.15) is 6.10 Å². The Morgan fingerprint density at radius 1 is 1.26 bits per heavy atom. The first-order valence-electron chi connectivity index (χ1n) is 7.38. The molecule has 4 nitrogen and oxygen atoms in total. The predicted molar refractivity (Wildman–Crippen MR) is 69.2 cm³/mol. The molecule has 7 atom stereocenters. The summed E-state index contributed by atoms with van der Waals surface area (Å²) < 4.78 is 5.59. The standard InChI is InChI=1S/C15H24O4/c1-8-9-4-6-14(2)10(16)5-7-15(3,18)12(14)11(9)19-13(8)17/h8-12,16,18H,4-7H2,1-3H3/t8-,9+,10-,11+,12-,14+,15-/m1/s1. The maximum Gasteiger partial charge on any atom is 0.309 e. The average Bonchev–Trinajstić information content (AvgIpc) is 2.60. The van der Waals surface area contributed by atoms with Gasteiger partial charge in [-0.25, -0.2) is 0 Å². The van der Waals surface area contributed by atoms with E-state index < -0.39 is 11.7 Å². The van der Waals surface area contributed by atoms with E-state index in [4.69, 9.17) is 4.74 Å². The van der Waals surface area contributed by atoms with E-state index >= 15 is 0 Å². The minimum absolute atomic E-state index is 0.0792. The molecule has 0 unspecified atom stereocenters. The molecule has 0 bridgehead atoms. The van der Waals surface area contributed by atoms with Gasteiger partial charge in [0.2, 0.25) is 0 Å². The molecular formula is C15H24O4. The summed E-state index contributed by atoms with van der Waals surface area (Å²) in [7, 11) is 0. The Balaban J connectivity index is 2.01. The lowest BCUT2D eigenvalue weighted by molar-refractivity contribution is -0.212. The van der Waals surface area contributed by atoms with Crippen LogP contribution in [-0.2, 0) is 9.53 Å². The van der Waals surface area contributed by atoms with Gasteiger partial charge in [0.15, 0.2) is 0 Å². The van der Waals surface area contributed by atoms with Crippen molar-refractivity contribution in [1.29, 1.82) is 0 Å². The number of hydrogen-bond donors (Lipinski definition) is 2. The first-order chi connectivity index (χ1) is 8.77. The van der Waals surface area contributed by atoms with Crippen molar-refractivity contribution in [3.05, 3.63) is 0 Å². The van der Waals surface area contributed by atoms with Gasteiger partial charge in [-0.15, -0.1) is 0 Å². The van der Waals surface area contributed by atoms with Crippen LogP contribution in [0.1, 0.15) is 46.5 Å². The second kappa shape index (κ2) is 3.95. The van der Waals surface area contributed by atoms with Crippen LogP contribution >= 0.6 is 0 Å². The molecule has 2 aliphatic carbocycles. The van der Waals surface area contributed by atoms with Crippen LogP contribution in [0.3, 0.4) is 0 Å². The van der Waals surface area contributed by atoms with Gasteiger partial charge < -0.3 is 14.9 Å². The van der Waals surface area contributed by atoms with Crippen LogP contribution in [-0.4, -0.2) is 34.0 Å². The van der Waals surface area contributed by atoms with Crippen LogP contribution in [0.2, 0.25) is 0 Å². The largest absolute Gasteiger partial charge is 0.461 e. The van der Waals surface area contributed by atoms with Crippen molar-refractivity contribution in [2.24, 2.45) is 23.2 Å². The van der Waals surface area contributed by atoms with Crippen LogP contribution in [0.25, 0.3) is 0 Å². The van der Waals surface area contributed by atoms with E-state index in [1.54, 1.807) is 0 Å². The van der Waals surface area contributed by atoms with Crippen molar-refractivity contribution < 1.29 is 19.7 Å². The molecule has 2 N–H and O–H groups in total. The Morgan fingerprint density at radius 2 is 1.95 bits per heavy atom. The lowest BCUT2D eigenvalue weighted by atomic mass is 9.51. The minimum atomic E-state index is -0.859. The van der Waals surface area contributed by atoms with Crippen molar-refractivity contribution in [3.63, 3.8) is 0 Å². The highest BCUT2D eigenvalue weighted by Crippen LogP contribution is 2.58. The summed E-state index contributed by atoms with van der Waals surface area (Å²) in [6.07, 6.45) is 2.32. The van der Waals surface area contributed by atoms with Crippen LogP contribution in [0.5, 0.6) is 0 Å². The van der Waals surface area contributed by atoms with Gasteiger partial charge in [0.25, 0.3) is 0 Å². The minimum Gasteiger partial charge on any atom is -0.461 e. The molecule has 19 heavy (non-hydrogen) atoms. The summed E-state index contributed by atoms with van der Waals surface area (Å²) in [4.78, 5) is 11.8. The van der Waals surface area contributed by atoms with Crippen molar-refractivity contribution >= 4 is 5.97 Å². The van der Waals surface area contributed by atoms with Gasteiger partial charge in [-0.3, -0.25) is 4.79 Å². The number of aliphatic hydroxyl groups is 2. The molecule has 1 heterocycles. The summed E-state index contributed by atoms with van der Waals surface area (Å²) >= 11 is 0. The lowest BCUT2D eigenvalue weighted by Gasteiger charge is -2.57. The number of carbonyl (C=O) groups excluding carboxylic acids is 1. The van der Waals surface area contributed by atoms with Crippen LogP contribution < -0.4 is 0 Å². The number of hydrogen-bond acceptors (Lipinski definition) is 4. The lowest BCUT2D eigenvalue weighted by Crippen LogP contribution is -2.62. The fourth-order valence-electron chi connectivity index (χ4n) is 4.88. The summed E-state index contributed by atoms with van der Waals surface area (Å²) in [6, 6.07) is 0. The normalized spacial score (nSPS) is 57.3. The Hall–Kier alpha value is -0.610. The molecule has 1 aliphatic heterocycles. The Kier molecular flexibility index (Phi) is 2.78. The number of carbonyl (C=O) groups is 1. The molecular weight excluding hydrogens is 244 g/mol. The number of fused-ring (bicyclic) bond motifs is 3. The highest BCUT2D eigenvalue weighted by Gasteiger charge is 2.63. The fraction of sp³-hybridized carbons (Fsp3) is 0.933. The van der Waals surface area contributed by atoms with Crippen molar-refractivity contribution in [3.8, 4) is 0 Å². The van der Waals surface area contributed by atoms with E-state index in [1.165, 1.54) is 0 Å². The van der Waals surface area contributed by atoms with E-state index in [0.717, 1.165) is 12.8 Å². The molecule has 2 saturated carbocycles. The van der Waals surface area contributed by atoms with E-state index in [-0.39, 0.29) is 35.2 Å². The molecule has 3 aliphatic rings. The van der Waals surface area contributed by atoms with E-state index in [9.17, 15) is 15.0 Å². The van der Waals surface area contributed by atoms with Gasteiger partial charge in [-0.05, 0) is 32.6 Å². The number of ether oxygens (including phenoxy) is 1. The SMILES string of the molecule is C[C@H]1C(=O)O[C@H]2[C@H]1CC[C@@]1(C)[C@H](O)CC[C@@](C)(O)[C@H]21. The third kappa shape index (κ3) is 1.69. The molecule has 1 saturated heterocycles. The summed E-state index contributed by atoms with van der Waals surface area (Å²) in [5, 5.41) is 21.2. The molecule has 0 amide bonds. The molecule has 4 heteroatoms. The highest BCUT2D eigenvalue weighted by molar-refractivity contribution is 5.75. The third-order valence-corrected chi connectivity index (χ3v) is 6.10. The summed E-state index contributed by atoms with van der Waals surface area (Å²) in [5.74, 6) is -0.182. The Bertz CT molecular complexity index is 405. The molecule has 0 spiro atoms. The van der Waals surface area contributed by atoms with Gasteiger partial charge in [-0.1, -0.05) is 13.8 Å². The maximum atomic E-state index is 11.8. The predicted octanol–water partition coefficient (Wildman–Crippen LogP) is 1.49. The quantitative estimate of drug-likeness (QED) is 0.653. The smallest absolute Gasteiger partial charge is 0.309 e. The van der Waals surface area contributed by atoms with Crippen LogP contribution in [0, 0.1) is 23.2 Å². The molecule has 108 valence electrons. The first kappa shape index (κ1) is 13.4. The zero-order valence-electron chi connectivity index (χ0n) is 11.9. The molecule has 3 rings (SSSR count). The van der Waals surface area contributed by atoms with Gasteiger partial charge in [0.05, 0.1) is 17.6 Å². The topological polar surface area (TPSA) is 66.8 Å². The second-order valence-electron chi connectivity index (χ2n) is 7.29. The third-order valence-electron chi connectivity index (χ3n) is 6.10. The Morgan fingerprint density at radius 3 is 2.63 bits per heavy atom. The molecule has 0 aromatic rings. The highest BCUT2D eigenvalue weighted by atomic mass is 16.6. The van der Waals surface area contributed by atoms with Crippen LogP contribution in [0.15, 0.2) is 0 Å². The summed E-state index contributed by atoms with van der Waals surface area (Å²) in [5.41, 5.74) is -1.20. The van der Waals surface area contributed by atoms with E-state index in [0.29, 0.717) is 12.8 Å². The second-order valence-corrected chi connectivity index (χ2v) is 7.29. The van der Waals surface area contributed by atoms with Crippen molar-refractivity contribution in [2.75, 3.05) is 0 Å². The first-order valence-corrected chi connectivity index (χ1v) is 7.38. The summed E-state index contributed by atoms with van der Waals surface area (Å²) in [6.45, 7) is 5.80. The van der Waals surface area contributed by atoms with Gasteiger partial charge in [0, 0.05) is 17.3 Å². The number of esters is 1. The van der Waals surface area contributed by atoms with Crippen molar-refractivity contribution in [1.82, 2.24) is 0 Å². The molecule has 3 fully saturated rings. The van der Waals surface area contributed by atoms with Gasteiger partial charge in [-0.2, -0.15) is 0 Å². The van der Waals surface area contributed by atoms with E-state index in [1.807, 2.05) is 20.8 Å². The zero-order valence-corrected chi connectivity index (χ0v) is 11.9. The van der Waals surface area contributed by atoms with E-state index in [2.05, 4.69) is 0 Å². The number of rotatable bonds is 0. The maximum absolute atomic E-state index is 11.8. The number of aliphatic hydroxyl groups excluding tert-OH is 1. The molecule has 0 radical (unpaired) electrons. The van der Waals surface area contributed by atoms with Gasteiger partial charge >= 0.3 is 5.97 Å². The average molecular weight is 268 g/mol. The molecule has 0 aromatic carbocycles. The zero-order chi connectivity index (χ0) is 14.0. The molecule has 0 aromatic heterocycles. The van der Waals surface area contributed by atoms with Crippen molar-refractivity contribution in [2.45, 2.75) is 64.3 Å². The monoisotopic (exact) mass is 268 g/mol.